The third-order valence-electron chi connectivity index (χ3n) is 3.71. The molecule has 0 radical (unpaired) electrons. The summed E-state index contributed by atoms with van der Waals surface area (Å²) in [6.07, 6.45) is 3.53. The van der Waals surface area contributed by atoms with Gasteiger partial charge in [0.25, 0.3) is 0 Å². The van der Waals surface area contributed by atoms with Crippen molar-refractivity contribution >= 4 is 11.8 Å². The Hall–Kier alpha value is -1.06. The number of nitrogens with zero attached hydrogens (tertiary/aromatic N) is 1. The van der Waals surface area contributed by atoms with Crippen molar-refractivity contribution in [2.45, 2.75) is 77.9 Å². The monoisotopic (exact) mass is 254 g/mol. The normalized spacial score (nSPS) is 25.3. The highest BCUT2D eigenvalue weighted by Gasteiger charge is 2.43. The first-order valence-corrected chi connectivity index (χ1v) is 6.98. The molecule has 0 bridgehead atoms. The van der Waals surface area contributed by atoms with Crippen molar-refractivity contribution < 1.29 is 9.59 Å². The Morgan fingerprint density at radius 1 is 1.22 bits per heavy atom. The van der Waals surface area contributed by atoms with Crippen molar-refractivity contribution in [3.63, 3.8) is 0 Å². The lowest BCUT2D eigenvalue weighted by Crippen LogP contribution is -2.67. The van der Waals surface area contributed by atoms with Gasteiger partial charge in [-0.1, -0.05) is 26.7 Å². The average molecular weight is 254 g/mol. The van der Waals surface area contributed by atoms with Crippen LogP contribution in [0.5, 0.6) is 0 Å². The standard InChI is InChI=1S/C14H26N2O2/c1-6-8-11-13(18)16(10(3)12(17)15-11)14(4,5)9-7-2/h10-11H,6-9H2,1-5H3,(H,15,17). The Labute approximate surface area is 110 Å². The molecule has 1 aliphatic heterocycles. The van der Waals surface area contributed by atoms with Crippen LogP contribution in [0, 0.1) is 0 Å². The van der Waals surface area contributed by atoms with E-state index in [4.69, 9.17) is 0 Å². The molecule has 104 valence electrons. The summed E-state index contributed by atoms with van der Waals surface area (Å²) in [6, 6.07) is -0.706. The van der Waals surface area contributed by atoms with Crippen molar-refractivity contribution in [3.8, 4) is 0 Å². The summed E-state index contributed by atoms with van der Waals surface area (Å²) in [5.74, 6) is 0.0413. The van der Waals surface area contributed by atoms with Crippen molar-refractivity contribution in [2.24, 2.45) is 0 Å². The molecule has 2 unspecified atom stereocenters. The molecule has 1 heterocycles. The summed E-state index contributed by atoms with van der Waals surface area (Å²) in [7, 11) is 0. The highest BCUT2D eigenvalue weighted by molar-refractivity contribution is 5.97. The molecule has 2 amide bonds. The zero-order chi connectivity index (χ0) is 13.9. The molecule has 2 atom stereocenters. The van der Waals surface area contributed by atoms with Crippen LogP contribution in [0.25, 0.3) is 0 Å². The van der Waals surface area contributed by atoms with E-state index in [0.717, 1.165) is 25.7 Å². The van der Waals surface area contributed by atoms with E-state index < -0.39 is 0 Å². The smallest absolute Gasteiger partial charge is 0.246 e. The molecule has 1 fully saturated rings. The molecule has 0 aromatic rings. The van der Waals surface area contributed by atoms with Crippen LogP contribution in [-0.4, -0.2) is 34.3 Å². The predicted molar refractivity (Wildman–Crippen MR) is 72.1 cm³/mol. The maximum Gasteiger partial charge on any atom is 0.246 e. The van der Waals surface area contributed by atoms with E-state index in [-0.39, 0.29) is 29.4 Å². The van der Waals surface area contributed by atoms with Gasteiger partial charge in [0.05, 0.1) is 0 Å². The second-order valence-electron chi connectivity index (χ2n) is 5.80. The fraction of sp³-hybridized carbons (Fsp3) is 0.857. The van der Waals surface area contributed by atoms with Crippen molar-refractivity contribution in [1.82, 2.24) is 10.2 Å². The SMILES string of the molecule is CCCC1NC(=O)C(C)N(C(C)(C)CCC)C1=O. The fourth-order valence-corrected chi connectivity index (χ4v) is 2.87. The van der Waals surface area contributed by atoms with Gasteiger partial charge in [-0.2, -0.15) is 0 Å². The third-order valence-corrected chi connectivity index (χ3v) is 3.71. The van der Waals surface area contributed by atoms with Crippen LogP contribution in [-0.2, 0) is 9.59 Å². The highest BCUT2D eigenvalue weighted by atomic mass is 16.2. The van der Waals surface area contributed by atoms with Crippen LogP contribution < -0.4 is 5.32 Å². The quantitative estimate of drug-likeness (QED) is 0.816. The minimum Gasteiger partial charge on any atom is -0.343 e. The van der Waals surface area contributed by atoms with Gasteiger partial charge in [0.2, 0.25) is 11.8 Å². The van der Waals surface area contributed by atoms with Crippen LogP contribution in [0.3, 0.4) is 0 Å². The Morgan fingerprint density at radius 2 is 1.83 bits per heavy atom. The van der Waals surface area contributed by atoms with Crippen LogP contribution in [0.1, 0.15) is 60.3 Å². The average Bonchev–Trinajstić information content (AvgIpc) is 2.26. The molecule has 0 aromatic carbocycles. The third kappa shape index (κ3) is 2.85. The summed E-state index contributed by atoms with van der Waals surface area (Å²) >= 11 is 0. The highest BCUT2D eigenvalue weighted by Crippen LogP contribution is 2.27. The van der Waals surface area contributed by atoms with Gasteiger partial charge >= 0.3 is 0 Å². The Morgan fingerprint density at radius 3 is 2.33 bits per heavy atom. The molecule has 0 spiro atoms. The first-order valence-electron chi connectivity index (χ1n) is 6.98. The van der Waals surface area contributed by atoms with Gasteiger partial charge in [-0.15, -0.1) is 0 Å². The van der Waals surface area contributed by atoms with Crippen molar-refractivity contribution in [3.05, 3.63) is 0 Å². The Balaban J connectivity index is 2.98. The van der Waals surface area contributed by atoms with E-state index in [2.05, 4.69) is 12.2 Å². The summed E-state index contributed by atoms with van der Waals surface area (Å²) < 4.78 is 0. The van der Waals surface area contributed by atoms with E-state index in [1.165, 1.54) is 0 Å². The molecule has 1 saturated heterocycles. The number of carbonyl (C=O) groups is 2. The number of rotatable bonds is 5. The second-order valence-corrected chi connectivity index (χ2v) is 5.80. The van der Waals surface area contributed by atoms with Gasteiger partial charge < -0.3 is 10.2 Å². The van der Waals surface area contributed by atoms with E-state index in [1.54, 1.807) is 4.90 Å². The number of nitrogens with one attached hydrogen (secondary N) is 1. The zero-order valence-corrected chi connectivity index (χ0v) is 12.2. The molecule has 1 aliphatic rings. The lowest BCUT2D eigenvalue weighted by Gasteiger charge is -2.47. The summed E-state index contributed by atoms with van der Waals surface area (Å²) in [6.45, 7) is 10.0. The number of hydrogen-bond acceptors (Lipinski definition) is 2. The van der Waals surface area contributed by atoms with Gasteiger partial charge in [0.15, 0.2) is 0 Å². The first-order chi connectivity index (χ1) is 8.35. The van der Waals surface area contributed by atoms with Gasteiger partial charge in [-0.05, 0) is 33.6 Å². The molecule has 1 rings (SSSR count). The molecule has 4 nitrogen and oxygen atoms in total. The second kappa shape index (κ2) is 5.72. The summed E-state index contributed by atoms with van der Waals surface area (Å²) in [5.41, 5.74) is -0.255. The van der Waals surface area contributed by atoms with Crippen molar-refractivity contribution in [2.75, 3.05) is 0 Å². The number of carbonyl (C=O) groups excluding carboxylic acids is 2. The van der Waals surface area contributed by atoms with Gasteiger partial charge in [0, 0.05) is 5.54 Å². The van der Waals surface area contributed by atoms with Crippen LogP contribution in [0.15, 0.2) is 0 Å². The predicted octanol–water partition coefficient (Wildman–Crippen LogP) is 2.08. The number of piperazine rings is 1. The van der Waals surface area contributed by atoms with Crippen LogP contribution >= 0.6 is 0 Å². The minimum absolute atomic E-state index is 0.0303. The maximum atomic E-state index is 12.5. The van der Waals surface area contributed by atoms with Crippen molar-refractivity contribution in [1.29, 1.82) is 0 Å². The first kappa shape index (κ1) is 15.0. The molecule has 0 aromatic heterocycles. The summed E-state index contributed by atoms with van der Waals surface area (Å²) in [4.78, 5) is 26.3. The maximum absolute atomic E-state index is 12.5. The molecule has 1 N–H and O–H groups in total. The van der Waals surface area contributed by atoms with E-state index in [0.29, 0.717) is 0 Å². The van der Waals surface area contributed by atoms with Gasteiger partial charge in [-0.25, -0.2) is 0 Å². The van der Waals surface area contributed by atoms with E-state index in [1.807, 2.05) is 27.7 Å². The van der Waals surface area contributed by atoms with E-state index in [9.17, 15) is 9.59 Å². The lowest BCUT2D eigenvalue weighted by molar-refractivity contribution is -0.155. The summed E-state index contributed by atoms with van der Waals surface area (Å²) in [5, 5.41) is 2.83. The molecular formula is C14H26N2O2. The van der Waals surface area contributed by atoms with Gasteiger partial charge in [0.1, 0.15) is 12.1 Å². The number of amides is 2. The molecule has 0 saturated carbocycles. The van der Waals surface area contributed by atoms with E-state index >= 15 is 0 Å². The largest absolute Gasteiger partial charge is 0.343 e. The van der Waals surface area contributed by atoms with Crippen LogP contribution in [0.2, 0.25) is 0 Å². The molecule has 0 aliphatic carbocycles. The fourth-order valence-electron chi connectivity index (χ4n) is 2.87. The zero-order valence-electron chi connectivity index (χ0n) is 12.2. The minimum atomic E-state index is -0.368. The molecule has 18 heavy (non-hydrogen) atoms. The molecular weight excluding hydrogens is 228 g/mol. The molecule has 4 heteroatoms. The Kier molecular flexibility index (Phi) is 4.77. The number of hydrogen-bond donors (Lipinski definition) is 1. The Bertz CT molecular complexity index is 326. The van der Waals surface area contributed by atoms with Gasteiger partial charge in [-0.3, -0.25) is 9.59 Å². The topological polar surface area (TPSA) is 49.4 Å². The lowest BCUT2D eigenvalue weighted by atomic mass is 9.91. The van der Waals surface area contributed by atoms with Crippen LogP contribution in [0.4, 0.5) is 0 Å².